The second-order valence-corrected chi connectivity index (χ2v) is 5.38. The Morgan fingerprint density at radius 3 is 2.76 bits per heavy atom. The smallest absolute Gasteiger partial charge is 0.169 e. The van der Waals surface area contributed by atoms with E-state index in [1.807, 2.05) is 42.5 Å². The maximum atomic E-state index is 6.31. The van der Waals surface area contributed by atoms with Gasteiger partial charge in [-0.1, -0.05) is 48.9 Å². The predicted molar refractivity (Wildman–Crippen MR) is 85.3 cm³/mol. The van der Waals surface area contributed by atoms with E-state index in [1.165, 1.54) is 0 Å². The number of para-hydroxylation sites is 1. The molecular formula is C17H18ClNO2. The largest absolute Gasteiger partial charge is 0.486 e. The van der Waals surface area contributed by atoms with Gasteiger partial charge in [-0.05, 0) is 18.7 Å². The number of likely N-dealkylation sites (N-methyl/N-ethyl adjacent to an activating group) is 1. The van der Waals surface area contributed by atoms with Crippen molar-refractivity contribution in [3.8, 4) is 22.6 Å². The molecule has 110 valence electrons. The van der Waals surface area contributed by atoms with Crippen LogP contribution in [0.2, 0.25) is 5.02 Å². The van der Waals surface area contributed by atoms with Gasteiger partial charge in [0.2, 0.25) is 0 Å². The summed E-state index contributed by atoms with van der Waals surface area (Å²) in [7, 11) is 0. The Morgan fingerprint density at radius 2 is 1.95 bits per heavy atom. The molecule has 1 N–H and O–H groups in total. The van der Waals surface area contributed by atoms with Crippen LogP contribution in [0.3, 0.4) is 0 Å². The van der Waals surface area contributed by atoms with Crippen molar-refractivity contribution in [2.24, 2.45) is 0 Å². The number of nitrogens with one attached hydrogen (secondary N) is 1. The average molecular weight is 304 g/mol. The Kier molecular flexibility index (Phi) is 4.32. The summed E-state index contributed by atoms with van der Waals surface area (Å²) in [5.74, 6) is 1.56. The van der Waals surface area contributed by atoms with E-state index in [-0.39, 0.29) is 6.10 Å². The third-order valence-corrected chi connectivity index (χ3v) is 3.80. The van der Waals surface area contributed by atoms with E-state index < -0.39 is 0 Å². The van der Waals surface area contributed by atoms with E-state index in [4.69, 9.17) is 21.1 Å². The molecule has 1 heterocycles. The molecule has 2 aromatic carbocycles. The first-order valence-corrected chi connectivity index (χ1v) is 7.55. The van der Waals surface area contributed by atoms with E-state index in [0.717, 1.165) is 35.7 Å². The van der Waals surface area contributed by atoms with Gasteiger partial charge in [0.1, 0.15) is 12.7 Å². The molecule has 1 unspecified atom stereocenters. The van der Waals surface area contributed by atoms with Crippen molar-refractivity contribution in [1.82, 2.24) is 5.32 Å². The molecule has 0 aromatic heterocycles. The lowest BCUT2D eigenvalue weighted by molar-refractivity contribution is 0.0916. The highest BCUT2D eigenvalue weighted by Crippen LogP contribution is 2.42. The molecular weight excluding hydrogens is 286 g/mol. The van der Waals surface area contributed by atoms with Gasteiger partial charge in [0, 0.05) is 22.7 Å². The fourth-order valence-corrected chi connectivity index (χ4v) is 2.67. The standard InChI is InChI=1S/C17H18ClNO2/c1-2-19-10-12-11-20-16-9-5-7-14(17(16)21-12)13-6-3-4-8-15(13)18/h3-9,12,19H,2,10-11H2,1H3. The summed E-state index contributed by atoms with van der Waals surface area (Å²) in [6, 6.07) is 13.7. The predicted octanol–water partition coefficient (Wildman–Crippen LogP) is 3.76. The number of halogens is 1. The second kappa shape index (κ2) is 6.37. The number of fused-ring (bicyclic) bond motifs is 1. The van der Waals surface area contributed by atoms with Crippen molar-refractivity contribution in [1.29, 1.82) is 0 Å². The topological polar surface area (TPSA) is 30.5 Å². The normalized spacial score (nSPS) is 16.8. The number of rotatable bonds is 4. The van der Waals surface area contributed by atoms with Crippen molar-refractivity contribution in [2.75, 3.05) is 19.7 Å². The molecule has 0 amide bonds. The van der Waals surface area contributed by atoms with Gasteiger partial charge in [0.15, 0.2) is 11.5 Å². The van der Waals surface area contributed by atoms with Crippen LogP contribution in [0.5, 0.6) is 11.5 Å². The molecule has 4 heteroatoms. The molecule has 1 aliphatic rings. The second-order valence-electron chi connectivity index (χ2n) is 4.97. The zero-order valence-corrected chi connectivity index (χ0v) is 12.7. The van der Waals surface area contributed by atoms with Gasteiger partial charge in [-0.15, -0.1) is 0 Å². The lowest BCUT2D eigenvalue weighted by Crippen LogP contribution is -2.38. The lowest BCUT2D eigenvalue weighted by atomic mass is 10.0. The first kappa shape index (κ1) is 14.2. The highest BCUT2D eigenvalue weighted by molar-refractivity contribution is 6.33. The molecule has 2 aromatic rings. The molecule has 1 aliphatic heterocycles. The van der Waals surface area contributed by atoms with Gasteiger partial charge >= 0.3 is 0 Å². The molecule has 3 nitrogen and oxygen atoms in total. The van der Waals surface area contributed by atoms with Crippen LogP contribution >= 0.6 is 11.6 Å². The fraction of sp³-hybridized carbons (Fsp3) is 0.294. The third-order valence-electron chi connectivity index (χ3n) is 3.47. The summed E-state index contributed by atoms with van der Waals surface area (Å²) in [5.41, 5.74) is 1.93. The van der Waals surface area contributed by atoms with E-state index in [1.54, 1.807) is 0 Å². The summed E-state index contributed by atoms with van der Waals surface area (Å²) in [6.45, 7) is 4.32. The number of hydrogen-bond donors (Lipinski definition) is 1. The van der Waals surface area contributed by atoms with Gasteiger partial charge in [0.25, 0.3) is 0 Å². The van der Waals surface area contributed by atoms with Crippen LogP contribution < -0.4 is 14.8 Å². The van der Waals surface area contributed by atoms with Crippen LogP contribution in [0.25, 0.3) is 11.1 Å². The minimum Gasteiger partial charge on any atom is -0.486 e. The van der Waals surface area contributed by atoms with Crippen LogP contribution in [0.4, 0.5) is 0 Å². The van der Waals surface area contributed by atoms with Crippen molar-refractivity contribution in [3.63, 3.8) is 0 Å². The SMILES string of the molecule is CCNCC1COc2cccc(-c3ccccc3Cl)c2O1. The van der Waals surface area contributed by atoms with Crippen LogP contribution in [-0.2, 0) is 0 Å². The van der Waals surface area contributed by atoms with Crippen LogP contribution in [0, 0.1) is 0 Å². The number of ether oxygens (including phenoxy) is 2. The van der Waals surface area contributed by atoms with Crippen LogP contribution in [0.15, 0.2) is 42.5 Å². The van der Waals surface area contributed by atoms with E-state index >= 15 is 0 Å². The molecule has 0 radical (unpaired) electrons. The highest BCUT2D eigenvalue weighted by Gasteiger charge is 2.24. The molecule has 21 heavy (non-hydrogen) atoms. The van der Waals surface area contributed by atoms with Crippen LogP contribution in [-0.4, -0.2) is 25.8 Å². The van der Waals surface area contributed by atoms with E-state index in [9.17, 15) is 0 Å². The number of benzene rings is 2. The zero-order valence-electron chi connectivity index (χ0n) is 11.9. The van der Waals surface area contributed by atoms with E-state index in [0.29, 0.717) is 11.6 Å². The Hall–Kier alpha value is -1.71. The molecule has 0 aliphatic carbocycles. The van der Waals surface area contributed by atoms with Crippen molar-refractivity contribution in [2.45, 2.75) is 13.0 Å². The Balaban J connectivity index is 1.96. The highest BCUT2D eigenvalue weighted by atomic mass is 35.5. The van der Waals surface area contributed by atoms with Crippen molar-refractivity contribution in [3.05, 3.63) is 47.5 Å². The Labute approximate surface area is 129 Å². The maximum absolute atomic E-state index is 6.31. The van der Waals surface area contributed by atoms with Gasteiger partial charge in [0.05, 0.1) is 0 Å². The quantitative estimate of drug-likeness (QED) is 0.933. The maximum Gasteiger partial charge on any atom is 0.169 e. The van der Waals surface area contributed by atoms with Crippen LogP contribution in [0.1, 0.15) is 6.92 Å². The molecule has 0 fully saturated rings. The molecule has 0 spiro atoms. The van der Waals surface area contributed by atoms with E-state index in [2.05, 4.69) is 12.2 Å². The number of hydrogen-bond acceptors (Lipinski definition) is 3. The van der Waals surface area contributed by atoms with Gasteiger partial charge in [-0.2, -0.15) is 0 Å². The monoisotopic (exact) mass is 303 g/mol. The lowest BCUT2D eigenvalue weighted by Gasteiger charge is -2.28. The van der Waals surface area contributed by atoms with Gasteiger partial charge in [-0.3, -0.25) is 0 Å². The first-order valence-electron chi connectivity index (χ1n) is 7.17. The average Bonchev–Trinajstić information content (AvgIpc) is 2.53. The first-order chi connectivity index (χ1) is 10.3. The Bertz CT molecular complexity index is 630. The minimum atomic E-state index is 0.0149. The fourth-order valence-electron chi connectivity index (χ4n) is 2.43. The zero-order chi connectivity index (χ0) is 14.7. The summed E-state index contributed by atoms with van der Waals surface area (Å²) < 4.78 is 12.0. The summed E-state index contributed by atoms with van der Waals surface area (Å²) >= 11 is 6.31. The summed E-state index contributed by atoms with van der Waals surface area (Å²) in [6.07, 6.45) is 0.0149. The molecule has 0 saturated carbocycles. The van der Waals surface area contributed by atoms with Crippen molar-refractivity contribution >= 4 is 11.6 Å². The Morgan fingerprint density at radius 1 is 1.14 bits per heavy atom. The minimum absolute atomic E-state index is 0.0149. The molecule has 0 bridgehead atoms. The summed E-state index contributed by atoms with van der Waals surface area (Å²) in [5, 5.41) is 4.00. The molecule has 3 rings (SSSR count). The molecule has 1 atom stereocenters. The van der Waals surface area contributed by atoms with Gasteiger partial charge in [-0.25, -0.2) is 0 Å². The molecule has 0 saturated heterocycles. The van der Waals surface area contributed by atoms with Gasteiger partial charge < -0.3 is 14.8 Å². The summed E-state index contributed by atoms with van der Waals surface area (Å²) in [4.78, 5) is 0. The third kappa shape index (κ3) is 2.99. The van der Waals surface area contributed by atoms with Crippen molar-refractivity contribution < 1.29 is 9.47 Å².